The fraction of sp³-hybridized carbons (Fsp3) is 0.333. The second-order valence-corrected chi connectivity index (χ2v) is 5.89. The van der Waals surface area contributed by atoms with Gasteiger partial charge in [0.05, 0.1) is 0 Å². The number of rotatable bonds is 5. The third-order valence-corrected chi connectivity index (χ3v) is 3.95. The predicted octanol–water partition coefficient (Wildman–Crippen LogP) is 2.78. The second kappa shape index (κ2) is 6.88. The lowest BCUT2D eigenvalue weighted by molar-refractivity contribution is -0.145. The summed E-state index contributed by atoms with van der Waals surface area (Å²) >= 11 is 0. The van der Waals surface area contributed by atoms with Crippen LogP contribution in [-0.2, 0) is 22.6 Å². The lowest BCUT2D eigenvalue weighted by Crippen LogP contribution is -2.14. The molecule has 0 unspecified atom stereocenters. The van der Waals surface area contributed by atoms with Gasteiger partial charge in [-0.1, -0.05) is 17.3 Å². The van der Waals surface area contributed by atoms with Crippen molar-refractivity contribution in [2.45, 2.75) is 40.2 Å². The molecule has 0 aliphatic rings. The summed E-state index contributed by atoms with van der Waals surface area (Å²) in [7, 11) is 0. The van der Waals surface area contributed by atoms with Crippen molar-refractivity contribution in [3.05, 3.63) is 57.0 Å². The summed E-state index contributed by atoms with van der Waals surface area (Å²) in [5.41, 5.74) is 2.47. The van der Waals surface area contributed by atoms with Gasteiger partial charge in [0, 0.05) is 17.4 Å². The van der Waals surface area contributed by atoms with Gasteiger partial charge in [-0.2, -0.15) is 4.98 Å². The van der Waals surface area contributed by atoms with E-state index in [1.54, 1.807) is 6.92 Å². The molecule has 0 bridgehead atoms. The van der Waals surface area contributed by atoms with Crippen LogP contribution < -0.4 is 5.63 Å². The minimum Gasteiger partial charge on any atom is -0.456 e. The molecule has 0 fully saturated rings. The first-order valence-corrected chi connectivity index (χ1v) is 7.92. The van der Waals surface area contributed by atoms with E-state index in [4.69, 9.17) is 13.7 Å². The van der Waals surface area contributed by atoms with Crippen LogP contribution in [0.1, 0.15) is 34.8 Å². The van der Waals surface area contributed by atoms with Crippen molar-refractivity contribution in [2.75, 3.05) is 0 Å². The molecule has 7 heteroatoms. The van der Waals surface area contributed by atoms with Gasteiger partial charge in [0.15, 0.2) is 12.4 Å². The number of carbonyl (C=O) groups excluding carboxylic acids is 1. The predicted molar refractivity (Wildman–Crippen MR) is 89.1 cm³/mol. The number of nitrogens with zero attached hydrogens (tertiary/aromatic N) is 2. The summed E-state index contributed by atoms with van der Waals surface area (Å²) in [6, 6.07) is 5.70. The molecular formula is C18H18N2O5. The summed E-state index contributed by atoms with van der Waals surface area (Å²) < 4.78 is 15.3. The standard InChI is InChI=1S/C18H18N2O5/c1-10-4-5-13-11(2)14(18(22)24-15(13)8-10)6-7-17(21)23-9-16-19-12(3)20-25-16/h4-5,8H,6-7,9H2,1-3H3. The number of carbonyl (C=O) groups is 1. The average molecular weight is 342 g/mol. The molecule has 3 aromatic rings. The monoisotopic (exact) mass is 342 g/mol. The summed E-state index contributed by atoms with van der Waals surface area (Å²) in [6.07, 6.45) is 0.315. The van der Waals surface area contributed by atoms with Crippen molar-refractivity contribution in [3.8, 4) is 0 Å². The molecule has 1 aromatic carbocycles. The summed E-state index contributed by atoms with van der Waals surface area (Å²) in [4.78, 5) is 28.0. The van der Waals surface area contributed by atoms with E-state index in [0.29, 0.717) is 17.0 Å². The fourth-order valence-electron chi connectivity index (χ4n) is 2.63. The molecule has 0 radical (unpaired) electrons. The third-order valence-electron chi connectivity index (χ3n) is 3.95. The van der Waals surface area contributed by atoms with Crippen LogP contribution in [0, 0.1) is 20.8 Å². The summed E-state index contributed by atoms with van der Waals surface area (Å²) in [5, 5.41) is 4.49. The van der Waals surface area contributed by atoms with Gasteiger partial charge in [0.1, 0.15) is 5.58 Å². The van der Waals surface area contributed by atoms with Crippen LogP contribution in [0.3, 0.4) is 0 Å². The van der Waals surface area contributed by atoms with Crippen LogP contribution in [0.15, 0.2) is 31.9 Å². The van der Waals surface area contributed by atoms with E-state index in [9.17, 15) is 9.59 Å². The highest BCUT2D eigenvalue weighted by Crippen LogP contribution is 2.21. The average Bonchev–Trinajstić information content (AvgIpc) is 2.98. The number of ether oxygens (including phenoxy) is 1. The van der Waals surface area contributed by atoms with Crippen molar-refractivity contribution in [1.82, 2.24) is 10.1 Å². The van der Waals surface area contributed by atoms with E-state index in [1.165, 1.54) is 0 Å². The van der Waals surface area contributed by atoms with Crippen LogP contribution in [0.25, 0.3) is 11.0 Å². The Bertz CT molecular complexity index is 987. The number of esters is 1. The van der Waals surface area contributed by atoms with Gasteiger partial charge < -0.3 is 13.7 Å². The van der Waals surface area contributed by atoms with Crippen LogP contribution in [-0.4, -0.2) is 16.1 Å². The normalized spacial score (nSPS) is 11.0. The quantitative estimate of drug-likeness (QED) is 0.519. The molecule has 7 nitrogen and oxygen atoms in total. The summed E-state index contributed by atoms with van der Waals surface area (Å²) in [6.45, 7) is 5.39. The van der Waals surface area contributed by atoms with Gasteiger partial charge in [-0.15, -0.1) is 0 Å². The third kappa shape index (κ3) is 3.76. The van der Waals surface area contributed by atoms with Gasteiger partial charge >= 0.3 is 11.6 Å². The molecule has 0 amide bonds. The van der Waals surface area contributed by atoms with Gasteiger partial charge in [-0.3, -0.25) is 4.79 Å². The SMILES string of the molecule is Cc1ccc2c(C)c(CCC(=O)OCc3nc(C)no3)c(=O)oc2c1. The number of benzene rings is 1. The van der Waals surface area contributed by atoms with Crippen molar-refractivity contribution >= 4 is 16.9 Å². The molecule has 0 N–H and O–H groups in total. The fourth-order valence-corrected chi connectivity index (χ4v) is 2.63. The van der Waals surface area contributed by atoms with Gasteiger partial charge in [-0.05, 0) is 44.4 Å². The van der Waals surface area contributed by atoms with Crippen molar-refractivity contribution in [1.29, 1.82) is 0 Å². The molecule has 2 heterocycles. The highest BCUT2D eigenvalue weighted by Gasteiger charge is 2.14. The van der Waals surface area contributed by atoms with E-state index in [1.807, 2.05) is 32.0 Å². The minimum atomic E-state index is -0.446. The lowest BCUT2D eigenvalue weighted by Gasteiger charge is -2.08. The van der Waals surface area contributed by atoms with Crippen molar-refractivity contribution < 1.29 is 18.5 Å². The molecule has 0 atom stereocenters. The first kappa shape index (κ1) is 16.9. The molecule has 0 aliphatic carbocycles. The molecule has 130 valence electrons. The summed E-state index contributed by atoms with van der Waals surface area (Å²) in [5.74, 6) is 0.270. The molecule has 25 heavy (non-hydrogen) atoms. The first-order valence-electron chi connectivity index (χ1n) is 7.92. The Hall–Kier alpha value is -2.96. The maximum Gasteiger partial charge on any atom is 0.339 e. The second-order valence-electron chi connectivity index (χ2n) is 5.89. The van der Waals surface area contributed by atoms with Crippen LogP contribution >= 0.6 is 0 Å². The Morgan fingerprint density at radius 3 is 2.76 bits per heavy atom. The first-order chi connectivity index (χ1) is 11.9. The number of fused-ring (bicyclic) bond motifs is 1. The molecule has 3 rings (SSSR count). The maximum atomic E-state index is 12.2. The Balaban J connectivity index is 1.69. The number of hydrogen-bond donors (Lipinski definition) is 0. The zero-order chi connectivity index (χ0) is 18.0. The maximum absolute atomic E-state index is 12.2. The highest BCUT2D eigenvalue weighted by atomic mass is 16.6. The smallest absolute Gasteiger partial charge is 0.339 e. The number of aromatic nitrogens is 2. The molecule has 0 aliphatic heterocycles. The lowest BCUT2D eigenvalue weighted by atomic mass is 10.0. The Morgan fingerprint density at radius 1 is 1.24 bits per heavy atom. The van der Waals surface area contributed by atoms with Crippen LogP contribution in [0.4, 0.5) is 0 Å². The molecule has 0 saturated heterocycles. The zero-order valence-electron chi connectivity index (χ0n) is 14.3. The molecule has 0 spiro atoms. The van der Waals surface area contributed by atoms with Gasteiger partial charge in [-0.25, -0.2) is 4.79 Å². The Morgan fingerprint density at radius 2 is 2.04 bits per heavy atom. The van der Waals surface area contributed by atoms with Crippen LogP contribution in [0.5, 0.6) is 0 Å². The van der Waals surface area contributed by atoms with E-state index in [-0.39, 0.29) is 25.3 Å². The minimum absolute atomic E-state index is 0.0656. The van der Waals surface area contributed by atoms with E-state index in [0.717, 1.165) is 16.5 Å². The topological polar surface area (TPSA) is 95.4 Å². The number of aryl methyl sites for hydroxylation is 3. The molecule has 2 aromatic heterocycles. The molecular weight excluding hydrogens is 324 g/mol. The Kier molecular flexibility index (Phi) is 4.65. The van der Waals surface area contributed by atoms with E-state index >= 15 is 0 Å². The number of hydrogen-bond acceptors (Lipinski definition) is 7. The van der Waals surface area contributed by atoms with E-state index < -0.39 is 11.6 Å². The Labute approximate surface area is 143 Å². The zero-order valence-corrected chi connectivity index (χ0v) is 14.3. The highest BCUT2D eigenvalue weighted by molar-refractivity contribution is 5.81. The van der Waals surface area contributed by atoms with Crippen LogP contribution in [0.2, 0.25) is 0 Å². The van der Waals surface area contributed by atoms with Gasteiger partial charge in [0.25, 0.3) is 5.89 Å². The van der Waals surface area contributed by atoms with Gasteiger partial charge in [0.2, 0.25) is 0 Å². The van der Waals surface area contributed by atoms with E-state index in [2.05, 4.69) is 10.1 Å². The largest absolute Gasteiger partial charge is 0.456 e. The van der Waals surface area contributed by atoms with Crippen molar-refractivity contribution in [3.63, 3.8) is 0 Å². The molecule has 0 saturated carbocycles. The van der Waals surface area contributed by atoms with Crippen molar-refractivity contribution in [2.24, 2.45) is 0 Å².